The van der Waals surface area contributed by atoms with Crippen LogP contribution in [0.3, 0.4) is 0 Å². The molecule has 0 spiro atoms. The largest absolute Gasteiger partial charge is 0.383 e. The number of methoxy groups -OCH3 is 2. The number of halogens is 4. The molecule has 10 nitrogen and oxygen atoms in total. The van der Waals surface area contributed by atoms with Crippen molar-refractivity contribution in [1.82, 2.24) is 29.1 Å². The Bertz CT molecular complexity index is 2300. The lowest BCUT2D eigenvalue weighted by Crippen LogP contribution is -2.23. The number of nitrogens with zero attached hydrogens (tertiary/aromatic N) is 6. The summed E-state index contributed by atoms with van der Waals surface area (Å²) in [5, 5.41) is 0. The van der Waals surface area contributed by atoms with Crippen molar-refractivity contribution in [2.75, 3.05) is 27.4 Å². The van der Waals surface area contributed by atoms with E-state index in [0.29, 0.717) is 59.5 Å². The Morgan fingerprint density at radius 1 is 0.720 bits per heavy atom. The topological polar surface area (TPSA) is 114 Å². The van der Waals surface area contributed by atoms with Crippen molar-refractivity contribution >= 4 is 50.4 Å². The summed E-state index contributed by atoms with van der Waals surface area (Å²) in [7, 11) is 3.16. The predicted molar refractivity (Wildman–Crippen MR) is 193 cm³/mol. The van der Waals surface area contributed by atoms with Gasteiger partial charge in [-0.15, -0.1) is 18.8 Å². The van der Waals surface area contributed by atoms with Crippen molar-refractivity contribution in [3.05, 3.63) is 139 Å². The van der Waals surface area contributed by atoms with Gasteiger partial charge in [0.1, 0.15) is 11.6 Å². The van der Waals surface area contributed by atoms with Crippen LogP contribution in [0.5, 0.6) is 0 Å². The van der Waals surface area contributed by atoms with Gasteiger partial charge in [0.05, 0.1) is 50.0 Å². The molecule has 50 heavy (non-hydrogen) atoms. The normalized spacial score (nSPS) is 10.0. The zero-order chi connectivity index (χ0) is 35.2. The highest BCUT2D eigenvalue weighted by molar-refractivity contribution is 9.10. The molecule has 256 valence electrons. The third-order valence-corrected chi connectivity index (χ3v) is 6.97. The van der Waals surface area contributed by atoms with Gasteiger partial charge in [-0.25, -0.2) is 28.7 Å². The molecule has 0 saturated heterocycles. The van der Waals surface area contributed by atoms with Crippen LogP contribution in [0.4, 0.5) is 8.78 Å². The molecule has 0 aliphatic heterocycles. The molecule has 0 aliphatic rings. The number of terminal acetylenes is 1. The maximum absolute atomic E-state index is 13.1. The van der Waals surface area contributed by atoms with Gasteiger partial charge >= 0.3 is 0 Å². The Morgan fingerprint density at radius 3 is 1.74 bits per heavy atom. The van der Waals surface area contributed by atoms with E-state index in [1.807, 2.05) is 0 Å². The molecule has 0 saturated carbocycles. The molecule has 0 atom stereocenters. The van der Waals surface area contributed by atoms with E-state index in [4.69, 9.17) is 15.9 Å². The first-order valence-corrected chi connectivity index (χ1v) is 15.3. The first kappa shape index (κ1) is 39.1. The third kappa shape index (κ3) is 11.1. The molecule has 0 bridgehead atoms. The van der Waals surface area contributed by atoms with Crippen molar-refractivity contribution in [2.24, 2.45) is 0 Å². The first-order valence-electron chi connectivity index (χ1n) is 14.6. The Labute approximate surface area is 300 Å². The lowest BCUT2D eigenvalue weighted by molar-refractivity contribution is 0.186. The number of hydrogen-bond acceptors (Lipinski definition) is 8. The fourth-order valence-corrected chi connectivity index (χ4v) is 4.42. The minimum atomic E-state index is -0.336. The molecule has 0 fully saturated rings. The Kier molecular flexibility index (Phi) is 15.4. The van der Waals surface area contributed by atoms with E-state index in [1.165, 1.54) is 52.3 Å². The number of fused-ring (bicyclic) bond motifs is 2. The average molecular weight is 764 g/mol. The number of rotatable bonds is 6. The number of aromatic nitrogens is 6. The molecule has 0 unspecified atom stereocenters. The van der Waals surface area contributed by atoms with Gasteiger partial charge in [-0.2, -0.15) is 0 Å². The van der Waals surface area contributed by atoms with Gasteiger partial charge in [0.2, 0.25) is 0 Å². The fourth-order valence-electron chi connectivity index (χ4n) is 4.10. The summed E-state index contributed by atoms with van der Waals surface area (Å²) in [6, 6.07) is 15.4. The van der Waals surface area contributed by atoms with E-state index >= 15 is 0 Å². The fraction of sp³-hybridized carbons (Fsp3) is 0.167. The van der Waals surface area contributed by atoms with E-state index in [2.05, 4.69) is 53.6 Å². The van der Waals surface area contributed by atoms with Crippen LogP contribution in [0.25, 0.3) is 22.1 Å². The van der Waals surface area contributed by atoms with Gasteiger partial charge in [-0.05, 0) is 64.5 Å². The summed E-state index contributed by atoms with van der Waals surface area (Å²) in [4.78, 5) is 40.9. The van der Waals surface area contributed by atoms with Gasteiger partial charge in [0.15, 0.2) is 11.0 Å². The Hall–Kier alpha value is -5.31. The van der Waals surface area contributed by atoms with Crippen LogP contribution in [0.15, 0.2) is 99.8 Å². The van der Waals surface area contributed by atoms with E-state index in [-0.39, 0.29) is 40.7 Å². The second-order valence-electron chi connectivity index (χ2n) is 10.00. The summed E-state index contributed by atoms with van der Waals surface area (Å²) in [5.41, 5.74) is 3.11. The second kappa shape index (κ2) is 19.6. The summed E-state index contributed by atoms with van der Waals surface area (Å²) < 4.78 is 39.0. The van der Waals surface area contributed by atoms with Crippen molar-refractivity contribution in [2.45, 2.75) is 13.1 Å². The minimum absolute atomic E-state index is 0. The second-order valence-corrected chi connectivity index (χ2v) is 10.9. The zero-order valence-electron chi connectivity index (χ0n) is 26.8. The number of hydrogen-bond donors (Lipinski definition) is 0. The molecule has 4 heterocycles. The molecule has 2 aromatic carbocycles. The molecule has 6 rings (SSSR count). The summed E-state index contributed by atoms with van der Waals surface area (Å²) >= 11 is 3.29. The SMILES string of the molecule is C#Cc1cccc(F)c1.COCCn1cnc2cc(Br)cnc2c1=O.COCCn1cnc2cc(C#Cc3cccc(F)c3)cnc2c1=O.Cl. The number of pyridine rings is 2. The van der Waals surface area contributed by atoms with Crippen LogP contribution < -0.4 is 11.1 Å². The van der Waals surface area contributed by atoms with Crippen LogP contribution in [0, 0.1) is 35.8 Å². The quantitative estimate of drug-likeness (QED) is 0.207. The van der Waals surface area contributed by atoms with Crippen LogP contribution >= 0.6 is 28.3 Å². The maximum Gasteiger partial charge on any atom is 0.279 e. The standard InChI is InChI=1S/C18H14FN3O2.C10H10BrN3O2.C8H5F.ClH/c1-24-8-7-22-12-21-16-10-14(11-20-17(16)18(22)23)6-5-13-3-2-4-15(19)9-13;1-16-3-2-14-6-13-8-4-7(11)5-12-9(8)10(14)15;1-2-7-4-3-5-8(9)6-7;/h2-4,9-12H,7-8H2,1H3;4-6H,2-3H2,1H3;1,3-6H;1H. The predicted octanol–water partition coefficient (Wildman–Crippen LogP) is 5.41. The molecule has 0 amide bonds. The number of benzene rings is 2. The third-order valence-electron chi connectivity index (χ3n) is 6.54. The molecule has 0 N–H and O–H groups in total. The summed E-state index contributed by atoms with van der Waals surface area (Å²) in [6.07, 6.45) is 11.1. The van der Waals surface area contributed by atoms with Crippen molar-refractivity contribution in [1.29, 1.82) is 0 Å². The summed E-state index contributed by atoms with van der Waals surface area (Å²) in [5.74, 6) is 7.47. The number of ether oxygens (including phenoxy) is 2. The molecule has 4 aromatic heterocycles. The van der Waals surface area contributed by atoms with Gasteiger partial charge in [0.25, 0.3) is 11.1 Å². The van der Waals surface area contributed by atoms with Gasteiger partial charge < -0.3 is 9.47 Å². The maximum atomic E-state index is 13.1. The highest BCUT2D eigenvalue weighted by Crippen LogP contribution is 2.12. The smallest absolute Gasteiger partial charge is 0.279 e. The summed E-state index contributed by atoms with van der Waals surface area (Å²) in [6.45, 7) is 1.80. The van der Waals surface area contributed by atoms with E-state index < -0.39 is 0 Å². The van der Waals surface area contributed by atoms with E-state index in [1.54, 1.807) is 56.8 Å². The lowest BCUT2D eigenvalue weighted by Gasteiger charge is -2.05. The van der Waals surface area contributed by atoms with E-state index in [9.17, 15) is 18.4 Å². The lowest BCUT2D eigenvalue weighted by atomic mass is 10.2. The van der Waals surface area contributed by atoms with Crippen LogP contribution in [-0.4, -0.2) is 56.5 Å². The minimum Gasteiger partial charge on any atom is -0.383 e. The van der Waals surface area contributed by atoms with Crippen LogP contribution in [0.1, 0.15) is 16.7 Å². The van der Waals surface area contributed by atoms with Crippen LogP contribution in [-0.2, 0) is 22.6 Å². The molecular weight excluding hydrogens is 734 g/mol. The van der Waals surface area contributed by atoms with Crippen molar-refractivity contribution in [3.8, 4) is 24.2 Å². The first-order chi connectivity index (χ1) is 23.7. The van der Waals surface area contributed by atoms with E-state index in [0.717, 1.165) is 4.47 Å². The zero-order valence-corrected chi connectivity index (χ0v) is 29.2. The Morgan fingerprint density at radius 2 is 1.22 bits per heavy atom. The molecular formula is C36H30BrClF2N6O4. The highest BCUT2D eigenvalue weighted by Gasteiger charge is 2.07. The molecule has 14 heteroatoms. The highest BCUT2D eigenvalue weighted by atomic mass is 79.9. The van der Waals surface area contributed by atoms with Crippen molar-refractivity contribution < 1.29 is 18.3 Å². The Balaban J connectivity index is 0.000000224. The molecule has 0 radical (unpaired) electrons. The van der Waals surface area contributed by atoms with Gasteiger partial charge in [-0.3, -0.25) is 18.7 Å². The monoisotopic (exact) mass is 762 g/mol. The van der Waals surface area contributed by atoms with Gasteiger partial charge in [-0.1, -0.05) is 29.9 Å². The van der Waals surface area contributed by atoms with Gasteiger partial charge in [0, 0.05) is 47.8 Å². The van der Waals surface area contributed by atoms with Crippen molar-refractivity contribution in [3.63, 3.8) is 0 Å². The van der Waals surface area contributed by atoms with Crippen LogP contribution in [0.2, 0.25) is 0 Å². The molecule has 0 aliphatic carbocycles. The average Bonchev–Trinajstić information content (AvgIpc) is 3.11. The molecule has 6 aromatic rings.